The second kappa shape index (κ2) is 6.06. The molecule has 0 bridgehead atoms. The van der Waals surface area contributed by atoms with E-state index in [4.69, 9.17) is 5.26 Å². The molecule has 0 aromatic heterocycles. The van der Waals surface area contributed by atoms with Crippen molar-refractivity contribution >= 4 is 11.4 Å². The molecule has 0 saturated carbocycles. The number of nitriles is 1. The molecule has 21 heavy (non-hydrogen) atoms. The van der Waals surface area contributed by atoms with Gasteiger partial charge in [0.05, 0.1) is 4.92 Å². The average Bonchev–Trinajstić information content (AvgIpc) is 2.47. The molecule has 1 N–H and O–H groups in total. The van der Waals surface area contributed by atoms with Crippen molar-refractivity contribution in [2.24, 2.45) is 0 Å². The zero-order valence-corrected chi connectivity index (χ0v) is 11.8. The highest BCUT2D eigenvalue weighted by molar-refractivity contribution is 5.69. The lowest BCUT2D eigenvalue weighted by molar-refractivity contribution is -0.384. The summed E-state index contributed by atoms with van der Waals surface area (Å²) >= 11 is 0. The van der Waals surface area contributed by atoms with Gasteiger partial charge in [-0.05, 0) is 31.5 Å². The number of hydrogen-bond donors (Lipinski definition) is 1. The molecule has 1 atom stereocenters. The predicted octanol–water partition coefficient (Wildman–Crippen LogP) is 3.95. The lowest BCUT2D eigenvalue weighted by atomic mass is 10.1. The minimum absolute atomic E-state index is 0.0566. The van der Waals surface area contributed by atoms with Crippen LogP contribution in [0.15, 0.2) is 42.5 Å². The lowest BCUT2D eigenvalue weighted by Gasteiger charge is -2.16. The summed E-state index contributed by atoms with van der Waals surface area (Å²) in [6.07, 6.45) is 0. The summed E-state index contributed by atoms with van der Waals surface area (Å²) in [6.45, 7) is 3.93. The zero-order valence-electron chi connectivity index (χ0n) is 11.8. The Bertz CT molecular complexity index is 702. The van der Waals surface area contributed by atoms with Crippen LogP contribution < -0.4 is 5.32 Å². The van der Waals surface area contributed by atoms with Crippen LogP contribution in [-0.2, 0) is 0 Å². The van der Waals surface area contributed by atoms with Crippen LogP contribution in [0.2, 0.25) is 0 Å². The van der Waals surface area contributed by atoms with E-state index in [0.29, 0.717) is 5.69 Å². The molecule has 0 aliphatic heterocycles. The SMILES string of the molecule is Cc1ccc(C(C)Nc2cccc(C#N)c2[N+](=O)[O-])cc1. The van der Waals surface area contributed by atoms with Crippen LogP contribution in [-0.4, -0.2) is 4.92 Å². The molecule has 2 rings (SSSR count). The van der Waals surface area contributed by atoms with E-state index in [1.807, 2.05) is 44.2 Å². The number of aryl methyl sites for hydroxylation is 1. The first-order chi connectivity index (χ1) is 10.0. The van der Waals surface area contributed by atoms with Crippen molar-refractivity contribution in [1.82, 2.24) is 0 Å². The molecular formula is C16H15N3O2. The maximum Gasteiger partial charge on any atom is 0.309 e. The van der Waals surface area contributed by atoms with Crippen molar-refractivity contribution in [3.63, 3.8) is 0 Å². The Morgan fingerprint density at radius 2 is 1.90 bits per heavy atom. The standard InChI is InChI=1S/C16H15N3O2/c1-11-6-8-13(9-7-11)12(2)18-15-5-3-4-14(10-17)16(15)19(20)21/h3-9,12,18H,1-2H3. The van der Waals surface area contributed by atoms with E-state index < -0.39 is 4.92 Å². The predicted molar refractivity (Wildman–Crippen MR) is 81.0 cm³/mol. The highest BCUT2D eigenvalue weighted by atomic mass is 16.6. The van der Waals surface area contributed by atoms with Crippen LogP contribution in [0.3, 0.4) is 0 Å². The molecule has 0 fully saturated rings. The first-order valence-corrected chi connectivity index (χ1v) is 6.53. The maximum absolute atomic E-state index is 11.2. The maximum atomic E-state index is 11.2. The van der Waals surface area contributed by atoms with Gasteiger partial charge in [-0.3, -0.25) is 10.1 Å². The number of para-hydroxylation sites is 1. The summed E-state index contributed by atoms with van der Waals surface area (Å²) in [4.78, 5) is 10.7. The largest absolute Gasteiger partial charge is 0.373 e. The second-order valence-electron chi connectivity index (χ2n) is 4.85. The van der Waals surface area contributed by atoms with Crippen molar-refractivity contribution in [2.75, 3.05) is 5.32 Å². The number of nitrogens with zero attached hydrogens (tertiary/aromatic N) is 2. The minimum Gasteiger partial charge on any atom is -0.373 e. The van der Waals surface area contributed by atoms with Gasteiger partial charge in [-0.25, -0.2) is 0 Å². The van der Waals surface area contributed by atoms with Gasteiger partial charge in [0.1, 0.15) is 17.3 Å². The summed E-state index contributed by atoms with van der Waals surface area (Å²) in [6, 6.07) is 14.4. The Labute approximate surface area is 123 Å². The molecule has 0 aliphatic rings. The fourth-order valence-electron chi connectivity index (χ4n) is 2.12. The van der Waals surface area contributed by atoms with Gasteiger partial charge in [-0.1, -0.05) is 35.9 Å². The molecule has 0 radical (unpaired) electrons. The van der Waals surface area contributed by atoms with E-state index in [-0.39, 0.29) is 17.3 Å². The van der Waals surface area contributed by atoms with Crippen LogP contribution in [0, 0.1) is 28.4 Å². The van der Waals surface area contributed by atoms with Gasteiger partial charge in [0.15, 0.2) is 0 Å². The number of nitro benzene ring substituents is 1. The Balaban J connectivity index is 2.33. The molecular weight excluding hydrogens is 266 g/mol. The summed E-state index contributed by atoms with van der Waals surface area (Å²) in [5, 5.41) is 23.3. The summed E-state index contributed by atoms with van der Waals surface area (Å²) in [5.41, 5.74) is 2.41. The quantitative estimate of drug-likeness (QED) is 0.679. The normalized spacial score (nSPS) is 11.5. The molecule has 2 aromatic carbocycles. The molecule has 5 heteroatoms. The summed E-state index contributed by atoms with van der Waals surface area (Å²) in [7, 11) is 0. The Kier molecular flexibility index (Phi) is 4.19. The third-order valence-corrected chi connectivity index (χ3v) is 3.29. The van der Waals surface area contributed by atoms with Crippen molar-refractivity contribution in [2.45, 2.75) is 19.9 Å². The highest BCUT2D eigenvalue weighted by Crippen LogP contribution is 2.31. The van der Waals surface area contributed by atoms with E-state index in [0.717, 1.165) is 11.1 Å². The molecule has 5 nitrogen and oxygen atoms in total. The van der Waals surface area contributed by atoms with E-state index in [9.17, 15) is 10.1 Å². The monoisotopic (exact) mass is 281 g/mol. The van der Waals surface area contributed by atoms with E-state index in [2.05, 4.69) is 5.32 Å². The molecule has 0 amide bonds. The molecule has 0 heterocycles. The van der Waals surface area contributed by atoms with Crippen molar-refractivity contribution in [3.8, 4) is 6.07 Å². The minimum atomic E-state index is -0.525. The smallest absolute Gasteiger partial charge is 0.309 e. The van der Waals surface area contributed by atoms with Crippen molar-refractivity contribution in [1.29, 1.82) is 5.26 Å². The van der Waals surface area contributed by atoms with Gasteiger partial charge in [0.25, 0.3) is 0 Å². The Hall–Kier alpha value is -2.87. The first kappa shape index (κ1) is 14.5. The van der Waals surface area contributed by atoms with Crippen LogP contribution in [0.4, 0.5) is 11.4 Å². The number of benzene rings is 2. The lowest BCUT2D eigenvalue weighted by Crippen LogP contribution is -2.09. The fraction of sp³-hybridized carbons (Fsp3) is 0.188. The molecule has 0 saturated heterocycles. The van der Waals surface area contributed by atoms with Gasteiger partial charge in [-0.15, -0.1) is 0 Å². The Morgan fingerprint density at radius 1 is 1.24 bits per heavy atom. The average molecular weight is 281 g/mol. The number of rotatable bonds is 4. The van der Waals surface area contributed by atoms with Gasteiger partial charge in [-0.2, -0.15) is 5.26 Å². The first-order valence-electron chi connectivity index (χ1n) is 6.53. The second-order valence-corrected chi connectivity index (χ2v) is 4.85. The number of anilines is 1. The van der Waals surface area contributed by atoms with Crippen LogP contribution in [0.5, 0.6) is 0 Å². The highest BCUT2D eigenvalue weighted by Gasteiger charge is 2.20. The van der Waals surface area contributed by atoms with Crippen LogP contribution in [0.25, 0.3) is 0 Å². The number of nitro groups is 1. The van der Waals surface area contributed by atoms with E-state index in [1.54, 1.807) is 12.1 Å². The van der Waals surface area contributed by atoms with Crippen LogP contribution >= 0.6 is 0 Å². The fourth-order valence-corrected chi connectivity index (χ4v) is 2.12. The van der Waals surface area contributed by atoms with Gasteiger partial charge >= 0.3 is 5.69 Å². The molecule has 1 unspecified atom stereocenters. The van der Waals surface area contributed by atoms with Gasteiger partial charge in [0, 0.05) is 6.04 Å². The van der Waals surface area contributed by atoms with Crippen LogP contribution in [0.1, 0.15) is 29.7 Å². The molecule has 2 aromatic rings. The van der Waals surface area contributed by atoms with Crippen molar-refractivity contribution < 1.29 is 4.92 Å². The number of nitrogens with one attached hydrogen (secondary N) is 1. The van der Waals surface area contributed by atoms with Gasteiger partial charge in [0.2, 0.25) is 0 Å². The third-order valence-electron chi connectivity index (χ3n) is 3.29. The summed E-state index contributed by atoms with van der Waals surface area (Å²) < 4.78 is 0. The topological polar surface area (TPSA) is 79.0 Å². The van der Waals surface area contributed by atoms with E-state index in [1.165, 1.54) is 6.07 Å². The molecule has 0 aliphatic carbocycles. The number of hydrogen-bond acceptors (Lipinski definition) is 4. The van der Waals surface area contributed by atoms with Gasteiger partial charge < -0.3 is 5.32 Å². The summed E-state index contributed by atoms with van der Waals surface area (Å²) in [5.74, 6) is 0. The van der Waals surface area contributed by atoms with Crippen molar-refractivity contribution in [3.05, 3.63) is 69.3 Å². The Morgan fingerprint density at radius 3 is 2.48 bits per heavy atom. The third kappa shape index (κ3) is 3.18. The molecule has 0 spiro atoms. The zero-order chi connectivity index (χ0) is 15.4. The molecule has 106 valence electrons. The van der Waals surface area contributed by atoms with E-state index >= 15 is 0 Å².